The van der Waals surface area contributed by atoms with Gasteiger partial charge < -0.3 is 9.15 Å². The predicted octanol–water partition coefficient (Wildman–Crippen LogP) is 3.82. The highest BCUT2D eigenvalue weighted by molar-refractivity contribution is 6.30. The molecule has 1 saturated carbocycles. The van der Waals surface area contributed by atoms with Crippen molar-refractivity contribution in [3.63, 3.8) is 0 Å². The number of Topliss-reactive ketones (excluding diaryl/α,β-unsaturated/α-hetero) is 1. The van der Waals surface area contributed by atoms with Gasteiger partial charge in [0.1, 0.15) is 12.5 Å². The van der Waals surface area contributed by atoms with E-state index in [9.17, 15) is 4.79 Å². The Hall–Kier alpha value is -1.91. The third-order valence-corrected chi connectivity index (χ3v) is 4.07. The number of hydrogen-bond donors (Lipinski definition) is 0. The van der Waals surface area contributed by atoms with Gasteiger partial charge in [-0.3, -0.25) is 9.79 Å². The van der Waals surface area contributed by atoms with Crippen molar-refractivity contribution in [2.45, 2.75) is 18.3 Å². The molecule has 1 aromatic carbocycles. The quantitative estimate of drug-likeness (QED) is 0.861. The second kappa shape index (κ2) is 6.46. The minimum absolute atomic E-state index is 0.0899. The number of rotatable bonds is 4. The minimum atomic E-state index is -0.385. The number of carbonyl (C=O) groups excluding carboxylic acids is 1. The van der Waals surface area contributed by atoms with Crippen LogP contribution in [0.4, 0.5) is 0 Å². The van der Waals surface area contributed by atoms with Gasteiger partial charge in [-0.05, 0) is 29.8 Å². The molecule has 114 valence electrons. The number of halogens is 1. The van der Waals surface area contributed by atoms with Gasteiger partial charge in [0.15, 0.2) is 5.78 Å². The smallest absolute Gasteiger partial charge is 0.156 e. The van der Waals surface area contributed by atoms with E-state index in [0.717, 1.165) is 11.3 Å². The number of nitrogens with zero attached hydrogens (tertiary/aromatic N) is 1. The van der Waals surface area contributed by atoms with Crippen LogP contribution in [0.5, 0.6) is 0 Å². The van der Waals surface area contributed by atoms with E-state index in [1.165, 1.54) is 0 Å². The van der Waals surface area contributed by atoms with Crippen molar-refractivity contribution in [1.29, 1.82) is 0 Å². The summed E-state index contributed by atoms with van der Waals surface area (Å²) in [6, 6.07) is 11.0. The van der Waals surface area contributed by atoms with E-state index in [-0.39, 0.29) is 24.3 Å². The lowest BCUT2D eigenvalue weighted by Crippen LogP contribution is -2.15. The standard InChI is InChI=1S/C17H16ClNO3/c1-21-10-19-14-9-13(15-6-3-7-22-15)17(20)16(14)11-4-2-5-12(18)8-11/h2-8,13,16H,9-10H2,1H3. The Morgan fingerprint density at radius 1 is 1.36 bits per heavy atom. The third kappa shape index (κ3) is 2.85. The zero-order chi connectivity index (χ0) is 15.5. The highest BCUT2D eigenvalue weighted by Gasteiger charge is 2.42. The summed E-state index contributed by atoms with van der Waals surface area (Å²) in [5, 5.41) is 0.609. The Morgan fingerprint density at radius 2 is 2.23 bits per heavy atom. The van der Waals surface area contributed by atoms with Gasteiger partial charge >= 0.3 is 0 Å². The van der Waals surface area contributed by atoms with Gasteiger partial charge in [-0.15, -0.1) is 0 Å². The van der Waals surface area contributed by atoms with Crippen LogP contribution < -0.4 is 0 Å². The highest BCUT2D eigenvalue weighted by Crippen LogP contribution is 2.39. The van der Waals surface area contributed by atoms with E-state index in [1.54, 1.807) is 25.5 Å². The van der Waals surface area contributed by atoms with Gasteiger partial charge in [-0.2, -0.15) is 0 Å². The summed E-state index contributed by atoms with van der Waals surface area (Å²) in [6.45, 7) is 0.241. The first-order chi connectivity index (χ1) is 10.7. The number of aliphatic imine (C=N–C) groups is 1. The third-order valence-electron chi connectivity index (χ3n) is 3.84. The van der Waals surface area contributed by atoms with Crippen molar-refractivity contribution in [1.82, 2.24) is 0 Å². The average molecular weight is 318 g/mol. The molecule has 22 heavy (non-hydrogen) atoms. The Bertz CT molecular complexity index is 694. The van der Waals surface area contributed by atoms with Crippen LogP contribution >= 0.6 is 11.6 Å². The minimum Gasteiger partial charge on any atom is -0.469 e. The normalized spacial score (nSPS) is 23.4. The number of furan rings is 1. The first kappa shape index (κ1) is 15.0. The summed E-state index contributed by atoms with van der Waals surface area (Å²) < 4.78 is 10.4. The van der Waals surface area contributed by atoms with E-state index in [4.69, 9.17) is 20.8 Å². The monoisotopic (exact) mass is 317 g/mol. The second-order valence-corrected chi connectivity index (χ2v) is 5.67. The van der Waals surface area contributed by atoms with Crippen molar-refractivity contribution in [3.05, 3.63) is 59.0 Å². The van der Waals surface area contributed by atoms with Crippen LogP contribution in [0.1, 0.15) is 29.6 Å². The molecule has 2 aromatic rings. The molecule has 1 fully saturated rings. The zero-order valence-electron chi connectivity index (χ0n) is 12.2. The predicted molar refractivity (Wildman–Crippen MR) is 84.6 cm³/mol. The van der Waals surface area contributed by atoms with Crippen LogP contribution in [0.15, 0.2) is 52.1 Å². The number of carbonyl (C=O) groups is 1. The summed E-state index contributed by atoms with van der Waals surface area (Å²) in [7, 11) is 1.58. The molecule has 0 N–H and O–H groups in total. The molecule has 1 aromatic heterocycles. The van der Waals surface area contributed by atoms with Crippen LogP contribution in [-0.4, -0.2) is 25.3 Å². The Labute approximate surface area is 133 Å². The molecule has 1 aliphatic rings. The number of ether oxygens (including phenoxy) is 1. The molecule has 0 radical (unpaired) electrons. The molecule has 2 atom stereocenters. The fraction of sp³-hybridized carbons (Fsp3) is 0.294. The average Bonchev–Trinajstić information content (AvgIpc) is 3.12. The van der Waals surface area contributed by atoms with Gasteiger partial charge in [0.05, 0.1) is 18.1 Å². The molecule has 1 heterocycles. The number of hydrogen-bond acceptors (Lipinski definition) is 4. The van der Waals surface area contributed by atoms with Crippen LogP contribution in [0, 0.1) is 0 Å². The molecule has 3 rings (SSSR count). The molecular weight excluding hydrogens is 302 g/mol. The SMILES string of the molecule is COCN=C1CC(c2ccco2)C(=O)C1c1cccc(Cl)c1. The topological polar surface area (TPSA) is 51.8 Å². The fourth-order valence-electron chi connectivity index (χ4n) is 2.87. The molecule has 0 spiro atoms. The molecule has 1 aliphatic carbocycles. The first-order valence-corrected chi connectivity index (χ1v) is 7.43. The van der Waals surface area contributed by atoms with Crippen molar-refractivity contribution >= 4 is 23.1 Å². The molecule has 0 bridgehead atoms. The lowest BCUT2D eigenvalue weighted by atomic mass is 9.93. The van der Waals surface area contributed by atoms with Gasteiger partial charge in [0.25, 0.3) is 0 Å². The van der Waals surface area contributed by atoms with Crippen LogP contribution in [-0.2, 0) is 9.53 Å². The zero-order valence-corrected chi connectivity index (χ0v) is 12.9. The molecule has 0 amide bonds. The summed E-state index contributed by atoms with van der Waals surface area (Å²) in [6.07, 6.45) is 2.13. The van der Waals surface area contributed by atoms with Crippen LogP contribution in [0.3, 0.4) is 0 Å². The Morgan fingerprint density at radius 3 is 2.91 bits per heavy atom. The van der Waals surface area contributed by atoms with E-state index in [0.29, 0.717) is 17.2 Å². The molecule has 2 unspecified atom stereocenters. The number of ketones is 1. The van der Waals surface area contributed by atoms with Crippen LogP contribution in [0.25, 0.3) is 0 Å². The van der Waals surface area contributed by atoms with E-state index in [1.807, 2.05) is 24.3 Å². The maximum absolute atomic E-state index is 12.9. The second-order valence-electron chi connectivity index (χ2n) is 5.23. The van der Waals surface area contributed by atoms with Crippen molar-refractivity contribution in [2.24, 2.45) is 4.99 Å². The van der Waals surface area contributed by atoms with Crippen molar-refractivity contribution in [2.75, 3.05) is 13.8 Å². The van der Waals surface area contributed by atoms with Gasteiger partial charge in [0, 0.05) is 24.3 Å². The molecule has 4 nitrogen and oxygen atoms in total. The highest BCUT2D eigenvalue weighted by atomic mass is 35.5. The van der Waals surface area contributed by atoms with E-state index >= 15 is 0 Å². The number of methoxy groups -OCH3 is 1. The lowest BCUT2D eigenvalue weighted by molar-refractivity contribution is -0.119. The fourth-order valence-corrected chi connectivity index (χ4v) is 3.07. The van der Waals surface area contributed by atoms with Gasteiger partial charge in [0.2, 0.25) is 0 Å². The largest absolute Gasteiger partial charge is 0.469 e. The summed E-state index contributed by atoms with van der Waals surface area (Å²) in [5.41, 5.74) is 1.68. The summed E-state index contributed by atoms with van der Waals surface area (Å²) in [5.74, 6) is 0.0882. The summed E-state index contributed by atoms with van der Waals surface area (Å²) >= 11 is 6.06. The first-order valence-electron chi connectivity index (χ1n) is 7.05. The molecule has 0 aliphatic heterocycles. The molecular formula is C17H16ClNO3. The Kier molecular flexibility index (Phi) is 4.41. The maximum Gasteiger partial charge on any atom is 0.156 e. The molecule has 0 saturated heterocycles. The van der Waals surface area contributed by atoms with Crippen molar-refractivity contribution < 1.29 is 13.9 Å². The maximum atomic E-state index is 12.9. The van der Waals surface area contributed by atoms with Gasteiger partial charge in [-0.1, -0.05) is 23.7 Å². The lowest BCUT2D eigenvalue weighted by Gasteiger charge is -2.11. The Balaban J connectivity index is 1.99. The number of benzene rings is 1. The molecule has 5 heteroatoms. The van der Waals surface area contributed by atoms with E-state index < -0.39 is 0 Å². The summed E-state index contributed by atoms with van der Waals surface area (Å²) in [4.78, 5) is 17.3. The van der Waals surface area contributed by atoms with Crippen LogP contribution in [0.2, 0.25) is 5.02 Å². The van der Waals surface area contributed by atoms with Crippen molar-refractivity contribution in [3.8, 4) is 0 Å². The van der Waals surface area contributed by atoms with E-state index in [2.05, 4.69) is 4.99 Å². The van der Waals surface area contributed by atoms with Gasteiger partial charge in [-0.25, -0.2) is 0 Å².